The van der Waals surface area contributed by atoms with Gasteiger partial charge in [-0.05, 0) is 75.2 Å². The molecule has 0 saturated carbocycles. The SMILES string of the molecule is CCOC(=O)c1c(C)[nH]c(C(=O)Nc2ccc(Oc3cccc(C)c3)cc2)c1C. The Labute approximate surface area is 169 Å². The van der Waals surface area contributed by atoms with E-state index >= 15 is 0 Å². The number of anilines is 1. The van der Waals surface area contributed by atoms with Gasteiger partial charge in [0.1, 0.15) is 17.2 Å². The lowest BCUT2D eigenvalue weighted by atomic mass is 10.1. The second-order valence-corrected chi connectivity index (χ2v) is 6.74. The third-order valence-corrected chi connectivity index (χ3v) is 4.48. The predicted octanol–water partition coefficient (Wildman–Crippen LogP) is 5.16. The minimum Gasteiger partial charge on any atom is -0.462 e. The molecule has 0 radical (unpaired) electrons. The van der Waals surface area contributed by atoms with Gasteiger partial charge >= 0.3 is 5.97 Å². The smallest absolute Gasteiger partial charge is 0.340 e. The van der Waals surface area contributed by atoms with Crippen LogP contribution in [0.3, 0.4) is 0 Å². The summed E-state index contributed by atoms with van der Waals surface area (Å²) in [5, 5.41) is 2.83. The Kier molecular flexibility index (Phi) is 6.02. The number of amides is 1. The normalized spacial score (nSPS) is 10.5. The summed E-state index contributed by atoms with van der Waals surface area (Å²) < 4.78 is 10.9. The zero-order valence-electron chi connectivity index (χ0n) is 17.0. The average Bonchev–Trinajstić information content (AvgIpc) is 2.98. The number of benzene rings is 2. The fourth-order valence-electron chi connectivity index (χ4n) is 3.10. The molecule has 0 bridgehead atoms. The van der Waals surface area contributed by atoms with Crippen LogP contribution in [0.25, 0.3) is 0 Å². The largest absolute Gasteiger partial charge is 0.462 e. The van der Waals surface area contributed by atoms with Crippen molar-refractivity contribution in [3.63, 3.8) is 0 Å². The van der Waals surface area contributed by atoms with Crippen molar-refractivity contribution in [2.75, 3.05) is 11.9 Å². The molecule has 0 saturated heterocycles. The van der Waals surface area contributed by atoms with E-state index in [1.807, 2.05) is 31.2 Å². The standard InChI is InChI=1S/C23H24N2O4/c1-5-28-23(27)20-15(3)21(24-16(20)4)22(26)25-17-9-11-18(12-10-17)29-19-8-6-7-14(2)13-19/h6-13,24H,5H2,1-4H3,(H,25,26). The summed E-state index contributed by atoms with van der Waals surface area (Å²) in [7, 11) is 0. The van der Waals surface area contributed by atoms with Crippen molar-refractivity contribution in [1.29, 1.82) is 0 Å². The van der Waals surface area contributed by atoms with Crippen LogP contribution in [-0.2, 0) is 4.74 Å². The second-order valence-electron chi connectivity index (χ2n) is 6.74. The first-order valence-corrected chi connectivity index (χ1v) is 9.41. The molecule has 2 aromatic carbocycles. The Morgan fingerprint density at radius 2 is 1.72 bits per heavy atom. The Morgan fingerprint density at radius 3 is 2.38 bits per heavy atom. The summed E-state index contributed by atoms with van der Waals surface area (Å²) in [5.41, 5.74) is 3.65. The van der Waals surface area contributed by atoms with Crippen molar-refractivity contribution in [3.05, 3.63) is 76.6 Å². The molecule has 0 aliphatic rings. The highest BCUT2D eigenvalue weighted by Gasteiger charge is 2.22. The molecule has 1 amide bonds. The van der Waals surface area contributed by atoms with Crippen LogP contribution in [0.2, 0.25) is 0 Å². The van der Waals surface area contributed by atoms with E-state index in [1.165, 1.54) is 0 Å². The first-order chi connectivity index (χ1) is 13.9. The predicted molar refractivity (Wildman–Crippen MR) is 112 cm³/mol. The Morgan fingerprint density at radius 1 is 1.00 bits per heavy atom. The third kappa shape index (κ3) is 4.66. The summed E-state index contributed by atoms with van der Waals surface area (Å²) in [6.07, 6.45) is 0. The minimum atomic E-state index is -0.435. The number of nitrogens with one attached hydrogen (secondary N) is 2. The van der Waals surface area contributed by atoms with E-state index in [-0.39, 0.29) is 12.5 Å². The molecule has 0 unspecified atom stereocenters. The minimum absolute atomic E-state index is 0.279. The number of aryl methyl sites for hydroxylation is 2. The Hall–Kier alpha value is -3.54. The van der Waals surface area contributed by atoms with Crippen LogP contribution in [0.5, 0.6) is 11.5 Å². The van der Waals surface area contributed by atoms with Crippen LogP contribution >= 0.6 is 0 Å². The highest BCUT2D eigenvalue weighted by molar-refractivity contribution is 6.06. The van der Waals surface area contributed by atoms with Crippen molar-refractivity contribution in [3.8, 4) is 11.5 Å². The van der Waals surface area contributed by atoms with Crippen LogP contribution in [0.15, 0.2) is 48.5 Å². The number of carbonyl (C=O) groups excluding carboxylic acids is 2. The second kappa shape index (κ2) is 8.65. The highest BCUT2D eigenvalue weighted by Crippen LogP contribution is 2.25. The van der Waals surface area contributed by atoms with E-state index in [2.05, 4.69) is 10.3 Å². The van der Waals surface area contributed by atoms with Crippen molar-refractivity contribution in [1.82, 2.24) is 4.98 Å². The molecule has 0 aliphatic heterocycles. The average molecular weight is 392 g/mol. The monoisotopic (exact) mass is 392 g/mol. The zero-order chi connectivity index (χ0) is 21.0. The molecule has 1 heterocycles. The molecule has 6 heteroatoms. The molecule has 0 atom stereocenters. The van der Waals surface area contributed by atoms with Gasteiger partial charge in [0.05, 0.1) is 12.2 Å². The number of esters is 1. The molecule has 150 valence electrons. The van der Waals surface area contributed by atoms with Crippen LogP contribution in [0.4, 0.5) is 5.69 Å². The van der Waals surface area contributed by atoms with Gasteiger partial charge < -0.3 is 19.8 Å². The summed E-state index contributed by atoms with van der Waals surface area (Å²) in [6.45, 7) is 7.50. The summed E-state index contributed by atoms with van der Waals surface area (Å²) in [6, 6.07) is 14.9. The number of rotatable bonds is 6. The zero-order valence-corrected chi connectivity index (χ0v) is 17.0. The van der Waals surface area contributed by atoms with Crippen molar-refractivity contribution >= 4 is 17.6 Å². The molecule has 0 spiro atoms. The molecule has 3 rings (SSSR count). The van der Waals surface area contributed by atoms with E-state index in [0.29, 0.717) is 34.0 Å². The lowest BCUT2D eigenvalue weighted by Gasteiger charge is -2.09. The van der Waals surface area contributed by atoms with E-state index < -0.39 is 5.97 Å². The summed E-state index contributed by atoms with van der Waals surface area (Å²) in [5.74, 6) is 0.666. The first-order valence-electron chi connectivity index (χ1n) is 9.41. The fourth-order valence-corrected chi connectivity index (χ4v) is 3.10. The van der Waals surface area contributed by atoms with Crippen LogP contribution in [0.1, 0.15) is 44.6 Å². The van der Waals surface area contributed by atoms with Gasteiger partial charge in [-0.2, -0.15) is 0 Å². The maximum absolute atomic E-state index is 12.7. The highest BCUT2D eigenvalue weighted by atomic mass is 16.5. The Bertz CT molecular complexity index is 1040. The molecule has 3 aromatic rings. The summed E-state index contributed by atoms with van der Waals surface area (Å²) in [4.78, 5) is 27.8. The number of hydrogen-bond acceptors (Lipinski definition) is 4. The van der Waals surface area contributed by atoms with Crippen LogP contribution in [0, 0.1) is 20.8 Å². The van der Waals surface area contributed by atoms with E-state index in [9.17, 15) is 9.59 Å². The third-order valence-electron chi connectivity index (χ3n) is 4.48. The molecule has 0 aliphatic carbocycles. The molecular formula is C23H24N2O4. The van der Waals surface area contributed by atoms with Crippen molar-refractivity contribution in [2.45, 2.75) is 27.7 Å². The van der Waals surface area contributed by atoms with E-state index in [4.69, 9.17) is 9.47 Å². The van der Waals surface area contributed by atoms with Crippen molar-refractivity contribution < 1.29 is 19.1 Å². The molecule has 29 heavy (non-hydrogen) atoms. The molecular weight excluding hydrogens is 368 g/mol. The van der Waals surface area contributed by atoms with Crippen molar-refractivity contribution in [2.24, 2.45) is 0 Å². The van der Waals surface area contributed by atoms with E-state index in [0.717, 1.165) is 11.3 Å². The maximum Gasteiger partial charge on any atom is 0.340 e. The number of hydrogen-bond donors (Lipinski definition) is 2. The van der Waals surface area contributed by atoms with Gasteiger partial charge in [0, 0.05) is 11.4 Å². The van der Waals surface area contributed by atoms with Gasteiger partial charge in [-0.1, -0.05) is 12.1 Å². The van der Waals surface area contributed by atoms with Crippen LogP contribution < -0.4 is 10.1 Å². The maximum atomic E-state index is 12.7. The number of H-pyrrole nitrogens is 1. The molecule has 0 fully saturated rings. The molecule has 2 N–H and O–H groups in total. The van der Waals surface area contributed by atoms with Gasteiger partial charge in [0.15, 0.2) is 0 Å². The van der Waals surface area contributed by atoms with Gasteiger partial charge in [0.25, 0.3) is 5.91 Å². The van der Waals surface area contributed by atoms with Gasteiger partial charge in [-0.3, -0.25) is 4.79 Å². The fraction of sp³-hybridized carbons (Fsp3) is 0.217. The lowest BCUT2D eigenvalue weighted by Crippen LogP contribution is -2.14. The van der Waals surface area contributed by atoms with Gasteiger partial charge in [-0.15, -0.1) is 0 Å². The van der Waals surface area contributed by atoms with E-state index in [1.54, 1.807) is 45.0 Å². The van der Waals surface area contributed by atoms with Crippen LogP contribution in [-0.4, -0.2) is 23.5 Å². The number of carbonyl (C=O) groups is 2. The first kappa shape index (κ1) is 20.2. The molecule has 1 aromatic heterocycles. The van der Waals surface area contributed by atoms with Gasteiger partial charge in [-0.25, -0.2) is 4.79 Å². The number of aromatic amines is 1. The number of ether oxygens (including phenoxy) is 2. The summed E-state index contributed by atoms with van der Waals surface area (Å²) >= 11 is 0. The topological polar surface area (TPSA) is 80.4 Å². The quantitative estimate of drug-likeness (QED) is 0.568. The van der Waals surface area contributed by atoms with Gasteiger partial charge in [0.2, 0.25) is 0 Å². The number of aromatic nitrogens is 1. The lowest BCUT2D eigenvalue weighted by molar-refractivity contribution is 0.0525. The molecule has 6 nitrogen and oxygen atoms in total. The Balaban J connectivity index is 1.71.